The van der Waals surface area contributed by atoms with Crippen LogP contribution in [0.4, 0.5) is 0 Å². The lowest BCUT2D eigenvalue weighted by atomic mass is 10.1. The third-order valence-corrected chi connectivity index (χ3v) is 5.14. The Morgan fingerprint density at radius 2 is 1.62 bits per heavy atom. The maximum Gasteiger partial charge on any atom is 0.139 e. The molecule has 3 heterocycles. The van der Waals surface area contributed by atoms with E-state index in [1.165, 1.54) is 22.4 Å². The topological polar surface area (TPSA) is 34.0 Å². The molecule has 0 amide bonds. The van der Waals surface area contributed by atoms with E-state index in [9.17, 15) is 0 Å². The van der Waals surface area contributed by atoms with E-state index in [-0.39, 0.29) is 0 Å². The van der Waals surface area contributed by atoms with Gasteiger partial charge in [0.15, 0.2) is 0 Å². The van der Waals surface area contributed by atoms with Gasteiger partial charge in [-0.15, -0.1) is 0 Å². The van der Waals surface area contributed by atoms with Gasteiger partial charge in [-0.1, -0.05) is 36.4 Å². The van der Waals surface area contributed by atoms with E-state index in [4.69, 9.17) is 0 Å². The highest BCUT2D eigenvalue weighted by Gasteiger charge is 2.13. The summed E-state index contributed by atoms with van der Waals surface area (Å²) in [7, 11) is 0. The zero-order valence-electron chi connectivity index (χ0n) is 16.8. The summed E-state index contributed by atoms with van der Waals surface area (Å²) in [4.78, 5) is 11.2. The molecular weight excluding hydrogens is 356 g/mol. The summed E-state index contributed by atoms with van der Waals surface area (Å²) in [5, 5.41) is 0. The lowest BCUT2D eigenvalue weighted by Crippen LogP contribution is -2.26. The van der Waals surface area contributed by atoms with Crippen molar-refractivity contribution < 1.29 is 0 Å². The molecule has 0 unspecified atom stereocenters. The van der Waals surface area contributed by atoms with Gasteiger partial charge in [0, 0.05) is 50.1 Å². The van der Waals surface area contributed by atoms with Gasteiger partial charge >= 0.3 is 0 Å². The van der Waals surface area contributed by atoms with E-state index >= 15 is 0 Å². The largest absolute Gasteiger partial charge is 0.304 e. The highest BCUT2D eigenvalue weighted by molar-refractivity contribution is 5.35. The highest BCUT2D eigenvalue weighted by atomic mass is 15.2. The SMILES string of the molecule is Cc1cccnc1-n1cccc1CN(CCc1ccccc1)Cc1ccncc1. The Labute approximate surface area is 172 Å². The molecule has 4 rings (SSSR count). The first-order valence-corrected chi connectivity index (χ1v) is 10.0. The van der Waals surface area contributed by atoms with Crippen LogP contribution in [-0.4, -0.2) is 26.0 Å². The fraction of sp³-hybridized carbons (Fsp3) is 0.200. The van der Waals surface area contributed by atoms with Crippen molar-refractivity contribution in [3.05, 3.63) is 114 Å². The second-order valence-corrected chi connectivity index (χ2v) is 7.32. The predicted molar refractivity (Wildman–Crippen MR) is 117 cm³/mol. The van der Waals surface area contributed by atoms with Crippen LogP contribution in [0.15, 0.2) is 91.5 Å². The van der Waals surface area contributed by atoms with Crippen molar-refractivity contribution in [2.75, 3.05) is 6.54 Å². The Hall–Kier alpha value is -3.24. The van der Waals surface area contributed by atoms with Crippen LogP contribution in [0.1, 0.15) is 22.4 Å². The monoisotopic (exact) mass is 382 g/mol. The van der Waals surface area contributed by atoms with Crippen LogP contribution in [0.3, 0.4) is 0 Å². The lowest BCUT2D eigenvalue weighted by Gasteiger charge is -2.23. The molecular formula is C25H26N4. The van der Waals surface area contributed by atoms with E-state index in [1.54, 1.807) is 0 Å². The van der Waals surface area contributed by atoms with Crippen molar-refractivity contribution in [1.29, 1.82) is 0 Å². The molecule has 146 valence electrons. The zero-order valence-corrected chi connectivity index (χ0v) is 16.8. The van der Waals surface area contributed by atoms with Crippen LogP contribution in [0, 0.1) is 6.92 Å². The number of hydrogen-bond acceptors (Lipinski definition) is 3. The number of pyridine rings is 2. The molecule has 0 saturated carbocycles. The van der Waals surface area contributed by atoms with Crippen LogP contribution in [0.5, 0.6) is 0 Å². The molecule has 0 fully saturated rings. The van der Waals surface area contributed by atoms with Crippen molar-refractivity contribution in [3.8, 4) is 5.82 Å². The molecule has 0 radical (unpaired) electrons. The Morgan fingerprint density at radius 1 is 0.793 bits per heavy atom. The summed E-state index contributed by atoms with van der Waals surface area (Å²) in [5.74, 6) is 0.999. The second kappa shape index (κ2) is 9.30. The maximum absolute atomic E-state index is 4.60. The maximum atomic E-state index is 4.60. The normalized spacial score (nSPS) is 11.1. The van der Waals surface area contributed by atoms with Gasteiger partial charge in [-0.05, 0) is 60.4 Å². The van der Waals surface area contributed by atoms with Crippen LogP contribution in [0.25, 0.3) is 5.82 Å². The molecule has 4 nitrogen and oxygen atoms in total. The summed E-state index contributed by atoms with van der Waals surface area (Å²) >= 11 is 0. The first-order valence-electron chi connectivity index (χ1n) is 10.0. The van der Waals surface area contributed by atoms with Crippen molar-refractivity contribution in [2.24, 2.45) is 0 Å². The summed E-state index contributed by atoms with van der Waals surface area (Å²) in [6.45, 7) is 4.84. The van der Waals surface area contributed by atoms with Crippen molar-refractivity contribution in [1.82, 2.24) is 19.4 Å². The van der Waals surface area contributed by atoms with E-state index in [2.05, 4.69) is 93.2 Å². The number of benzene rings is 1. The van der Waals surface area contributed by atoms with Gasteiger partial charge in [0.2, 0.25) is 0 Å². The number of rotatable bonds is 8. The van der Waals surface area contributed by atoms with Crippen molar-refractivity contribution in [2.45, 2.75) is 26.4 Å². The van der Waals surface area contributed by atoms with Crippen LogP contribution >= 0.6 is 0 Å². The quantitative estimate of drug-likeness (QED) is 0.438. The third kappa shape index (κ3) is 4.98. The Bertz CT molecular complexity index is 1020. The summed E-state index contributed by atoms with van der Waals surface area (Å²) in [6, 6.07) is 23.3. The number of nitrogens with zero attached hydrogens (tertiary/aromatic N) is 4. The lowest BCUT2D eigenvalue weighted by molar-refractivity contribution is 0.255. The van der Waals surface area contributed by atoms with Crippen LogP contribution < -0.4 is 0 Å². The molecule has 1 aromatic carbocycles. The molecule has 0 aliphatic carbocycles. The first kappa shape index (κ1) is 19.1. The van der Waals surface area contributed by atoms with Gasteiger partial charge < -0.3 is 4.57 Å². The van der Waals surface area contributed by atoms with Gasteiger partial charge in [0.25, 0.3) is 0 Å². The number of aryl methyl sites for hydroxylation is 1. The molecule has 0 N–H and O–H groups in total. The number of aromatic nitrogens is 3. The van der Waals surface area contributed by atoms with Gasteiger partial charge in [-0.3, -0.25) is 9.88 Å². The first-order chi connectivity index (χ1) is 14.3. The molecule has 3 aromatic heterocycles. The van der Waals surface area contributed by atoms with Crippen LogP contribution in [0.2, 0.25) is 0 Å². The van der Waals surface area contributed by atoms with Gasteiger partial charge in [-0.2, -0.15) is 0 Å². The van der Waals surface area contributed by atoms with Crippen LogP contribution in [-0.2, 0) is 19.5 Å². The number of hydrogen-bond donors (Lipinski definition) is 0. The molecule has 0 spiro atoms. The molecule has 29 heavy (non-hydrogen) atoms. The fourth-order valence-corrected chi connectivity index (χ4v) is 3.60. The van der Waals surface area contributed by atoms with Gasteiger partial charge in [0.05, 0.1) is 0 Å². The van der Waals surface area contributed by atoms with Gasteiger partial charge in [-0.25, -0.2) is 4.98 Å². The molecule has 0 aliphatic rings. The minimum Gasteiger partial charge on any atom is -0.304 e. The third-order valence-electron chi connectivity index (χ3n) is 5.14. The molecule has 0 saturated heterocycles. The fourth-order valence-electron chi connectivity index (χ4n) is 3.60. The molecule has 0 aliphatic heterocycles. The minimum atomic E-state index is 0.859. The summed E-state index contributed by atoms with van der Waals surface area (Å²) in [6.07, 6.45) is 8.72. The zero-order chi connectivity index (χ0) is 19.9. The van der Waals surface area contributed by atoms with E-state index in [0.29, 0.717) is 0 Å². The van der Waals surface area contributed by atoms with E-state index < -0.39 is 0 Å². The van der Waals surface area contributed by atoms with Crippen molar-refractivity contribution in [3.63, 3.8) is 0 Å². The Morgan fingerprint density at radius 3 is 2.41 bits per heavy atom. The van der Waals surface area contributed by atoms with E-state index in [1.807, 2.05) is 24.7 Å². The predicted octanol–water partition coefficient (Wildman–Crippen LogP) is 4.82. The summed E-state index contributed by atoms with van der Waals surface area (Å²) in [5.41, 5.74) is 5.06. The Kier molecular flexibility index (Phi) is 6.13. The summed E-state index contributed by atoms with van der Waals surface area (Å²) < 4.78 is 2.21. The molecule has 0 atom stereocenters. The molecule has 4 heteroatoms. The average molecular weight is 383 g/mol. The standard InChI is InChI=1S/C25H26N4/c1-21-7-5-14-27-25(21)29-17-6-10-24(29)20-28(19-23-11-15-26-16-12-23)18-13-22-8-3-2-4-9-22/h2-12,14-17H,13,18-20H2,1H3. The smallest absolute Gasteiger partial charge is 0.139 e. The Balaban J connectivity index is 1.55. The average Bonchev–Trinajstić information content (AvgIpc) is 3.22. The van der Waals surface area contributed by atoms with Crippen molar-refractivity contribution >= 4 is 0 Å². The van der Waals surface area contributed by atoms with Gasteiger partial charge in [0.1, 0.15) is 5.82 Å². The highest BCUT2D eigenvalue weighted by Crippen LogP contribution is 2.17. The molecule has 4 aromatic rings. The minimum absolute atomic E-state index is 0.859. The second-order valence-electron chi connectivity index (χ2n) is 7.32. The molecule has 0 bridgehead atoms. The van der Waals surface area contributed by atoms with E-state index in [0.717, 1.165) is 31.9 Å².